The van der Waals surface area contributed by atoms with Crippen LogP contribution in [0.1, 0.15) is 37.8 Å². The molecular weight excluding hydrogens is 512 g/mol. The summed E-state index contributed by atoms with van der Waals surface area (Å²) in [7, 11) is 2.89. The summed E-state index contributed by atoms with van der Waals surface area (Å²) in [5.41, 5.74) is -0.337. The molecule has 0 fully saturated rings. The highest BCUT2D eigenvalue weighted by atomic mass is 16.2. The molecule has 40 heavy (non-hydrogen) atoms. The average Bonchev–Trinajstić information content (AvgIpc) is 2.95. The molecule has 2 rings (SSSR count). The molecule has 1 atom stereocenters. The molecule has 6 amide bonds. The second-order valence-electron chi connectivity index (χ2n) is 8.80. The van der Waals surface area contributed by atoms with Crippen molar-refractivity contribution in [1.82, 2.24) is 20.0 Å². The first kappa shape index (κ1) is 31.4. The van der Waals surface area contributed by atoms with Crippen molar-refractivity contribution < 1.29 is 28.8 Å². The van der Waals surface area contributed by atoms with Crippen LogP contribution in [0.4, 0.5) is 9.59 Å². The number of likely N-dealkylation sites (N-methyl/N-ethyl adjacent to an activating group) is 2. The maximum Gasteiger partial charge on any atom is 0.326 e. The molecule has 10 heteroatoms. The van der Waals surface area contributed by atoms with Crippen LogP contribution in [0.25, 0.3) is 6.08 Å². The molecule has 0 aromatic heterocycles. The van der Waals surface area contributed by atoms with Gasteiger partial charge in [0.1, 0.15) is 11.5 Å². The van der Waals surface area contributed by atoms with E-state index in [0.717, 1.165) is 9.80 Å². The van der Waals surface area contributed by atoms with Gasteiger partial charge in [-0.1, -0.05) is 60.7 Å². The molecule has 0 saturated heterocycles. The lowest BCUT2D eigenvalue weighted by molar-refractivity contribution is -0.129. The van der Waals surface area contributed by atoms with Gasteiger partial charge in [0.15, 0.2) is 5.78 Å². The topological polar surface area (TPSA) is 124 Å². The molecular formula is C30H34N4O6. The summed E-state index contributed by atoms with van der Waals surface area (Å²) in [5, 5.41) is 2.55. The minimum absolute atomic E-state index is 0.0453. The standard InChI is InChI=1S/C30H34N4O6/c1-6-31-29(39)33(7-2)27(37)23(19-21-15-11-9-12-16-21)26(36)25(22-17-13-10-14-18-22)24(20-35)28(38)34(8-3)30(40)32(4)5/h9-19,25H,6-8H2,1-5H3,(H,31,39)/b23-19-. The Morgan fingerprint density at radius 2 is 1.38 bits per heavy atom. The molecule has 0 aliphatic carbocycles. The number of hydrogen-bond donors (Lipinski definition) is 1. The highest BCUT2D eigenvalue weighted by molar-refractivity contribution is 6.29. The van der Waals surface area contributed by atoms with Crippen LogP contribution < -0.4 is 5.32 Å². The van der Waals surface area contributed by atoms with E-state index in [1.54, 1.807) is 75.2 Å². The van der Waals surface area contributed by atoms with Gasteiger partial charge in [-0.05, 0) is 38.0 Å². The van der Waals surface area contributed by atoms with Gasteiger partial charge in [-0.15, -0.1) is 0 Å². The first-order chi connectivity index (χ1) is 19.1. The van der Waals surface area contributed by atoms with Crippen LogP contribution in [0.3, 0.4) is 0 Å². The molecule has 0 spiro atoms. The number of amides is 6. The zero-order valence-electron chi connectivity index (χ0n) is 23.3. The molecule has 0 saturated carbocycles. The Balaban J connectivity index is 2.78. The Labute approximate surface area is 233 Å². The summed E-state index contributed by atoms with van der Waals surface area (Å²) in [5.74, 6) is -2.81. The van der Waals surface area contributed by atoms with Crippen molar-refractivity contribution in [2.45, 2.75) is 26.7 Å². The number of rotatable bonds is 10. The second kappa shape index (κ2) is 14.9. The van der Waals surface area contributed by atoms with Crippen LogP contribution in [-0.4, -0.2) is 84.0 Å². The van der Waals surface area contributed by atoms with Gasteiger partial charge in [0, 0.05) is 33.7 Å². The molecule has 2 aromatic carbocycles. The largest absolute Gasteiger partial charge is 0.338 e. The summed E-state index contributed by atoms with van der Waals surface area (Å²) < 4.78 is 0. The predicted molar refractivity (Wildman–Crippen MR) is 151 cm³/mol. The smallest absolute Gasteiger partial charge is 0.326 e. The van der Waals surface area contributed by atoms with Gasteiger partial charge in [0.25, 0.3) is 11.8 Å². The third kappa shape index (κ3) is 7.39. The third-order valence-corrected chi connectivity index (χ3v) is 5.94. The molecule has 0 aliphatic heterocycles. The monoisotopic (exact) mass is 546 g/mol. The fourth-order valence-corrected chi connectivity index (χ4v) is 3.95. The van der Waals surface area contributed by atoms with E-state index in [9.17, 15) is 28.8 Å². The number of nitrogens with zero attached hydrogens (tertiary/aromatic N) is 3. The van der Waals surface area contributed by atoms with Gasteiger partial charge in [-0.2, -0.15) is 0 Å². The van der Waals surface area contributed by atoms with Crippen LogP contribution in [0.5, 0.6) is 0 Å². The van der Waals surface area contributed by atoms with E-state index in [-0.39, 0.29) is 25.2 Å². The fourth-order valence-electron chi connectivity index (χ4n) is 3.95. The molecule has 210 valence electrons. The minimum atomic E-state index is -1.58. The Bertz CT molecular complexity index is 1310. The number of carbonyl (C=O) groups excluding carboxylic acids is 6. The fraction of sp³-hybridized carbons (Fsp3) is 0.300. The lowest BCUT2D eigenvalue weighted by atomic mass is 9.83. The number of benzene rings is 2. The lowest BCUT2D eigenvalue weighted by Gasteiger charge is -2.26. The van der Waals surface area contributed by atoms with Crippen molar-refractivity contribution >= 4 is 41.7 Å². The van der Waals surface area contributed by atoms with Gasteiger partial charge in [0.2, 0.25) is 0 Å². The highest BCUT2D eigenvalue weighted by Crippen LogP contribution is 2.30. The van der Waals surface area contributed by atoms with Crippen LogP contribution in [-0.2, 0) is 19.2 Å². The van der Waals surface area contributed by atoms with Crippen molar-refractivity contribution in [2.24, 2.45) is 0 Å². The van der Waals surface area contributed by atoms with E-state index >= 15 is 0 Å². The van der Waals surface area contributed by atoms with Crippen LogP contribution in [0.15, 0.2) is 71.8 Å². The Morgan fingerprint density at radius 1 is 0.825 bits per heavy atom. The number of imide groups is 2. The summed E-state index contributed by atoms with van der Waals surface area (Å²) in [6.07, 6.45) is 1.32. The first-order valence-corrected chi connectivity index (χ1v) is 12.9. The van der Waals surface area contributed by atoms with E-state index in [4.69, 9.17) is 0 Å². The van der Waals surface area contributed by atoms with Gasteiger partial charge in [-0.25, -0.2) is 14.4 Å². The third-order valence-electron chi connectivity index (χ3n) is 5.94. The van der Waals surface area contributed by atoms with Crippen molar-refractivity contribution in [2.75, 3.05) is 33.7 Å². The second-order valence-corrected chi connectivity index (χ2v) is 8.80. The zero-order valence-corrected chi connectivity index (χ0v) is 23.3. The molecule has 1 N–H and O–H groups in total. The number of hydrogen-bond acceptors (Lipinski definition) is 6. The van der Waals surface area contributed by atoms with E-state index in [0.29, 0.717) is 5.56 Å². The number of nitrogens with one attached hydrogen (secondary N) is 1. The molecule has 10 nitrogen and oxygen atoms in total. The number of carbonyl (C=O) groups is 5. The molecule has 2 aromatic rings. The van der Waals surface area contributed by atoms with Crippen molar-refractivity contribution in [3.63, 3.8) is 0 Å². The summed E-state index contributed by atoms with van der Waals surface area (Å²) in [6.45, 7) is 4.95. The van der Waals surface area contributed by atoms with E-state index in [1.165, 1.54) is 37.2 Å². The molecule has 0 heterocycles. The van der Waals surface area contributed by atoms with Crippen LogP contribution >= 0.6 is 0 Å². The number of Topliss-reactive ketones (excluding diaryl/α,β-unsaturated/α-hetero) is 1. The van der Waals surface area contributed by atoms with E-state index < -0.39 is 46.7 Å². The zero-order chi connectivity index (χ0) is 29.8. The lowest BCUT2D eigenvalue weighted by Crippen LogP contribution is -2.46. The molecule has 0 aliphatic rings. The van der Waals surface area contributed by atoms with Gasteiger partial charge >= 0.3 is 12.1 Å². The molecule has 0 radical (unpaired) electrons. The van der Waals surface area contributed by atoms with E-state index in [2.05, 4.69) is 5.32 Å². The van der Waals surface area contributed by atoms with E-state index in [1.807, 2.05) is 0 Å². The van der Waals surface area contributed by atoms with Gasteiger partial charge in [0.05, 0.1) is 11.5 Å². The Hall–Kier alpha value is -4.82. The van der Waals surface area contributed by atoms with Crippen molar-refractivity contribution in [1.29, 1.82) is 0 Å². The summed E-state index contributed by atoms with van der Waals surface area (Å²) >= 11 is 0. The Morgan fingerprint density at radius 3 is 1.85 bits per heavy atom. The average molecular weight is 547 g/mol. The SMILES string of the molecule is CCNC(=O)N(CC)C(=O)/C(=C\c1ccccc1)C(=O)C(C(=C=O)C(=O)N(CC)C(=O)N(C)C)c1ccccc1. The maximum atomic E-state index is 14.3. The van der Waals surface area contributed by atoms with Gasteiger partial charge in [-0.3, -0.25) is 24.2 Å². The van der Waals surface area contributed by atoms with Crippen LogP contribution in [0, 0.1) is 0 Å². The predicted octanol–water partition coefficient (Wildman–Crippen LogP) is 3.29. The minimum Gasteiger partial charge on any atom is -0.338 e. The van der Waals surface area contributed by atoms with Crippen molar-refractivity contribution in [3.05, 3.63) is 82.9 Å². The number of ketones is 1. The van der Waals surface area contributed by atoms with Crippen LogP contribution in [0.2, 0.25) is 0 Å². The maximum absolute atomic E-state index is 14.3. The van der Waals surface area contributed by atoms with Crippen molar-refractivity contribution in [3.8, 4) is 0 Å². The first-order valence-electron chi connectivity index (χ1n) is 12.9. The summed E-state index contributed by atoms with van der Waals surface area (Å²) in [4.78, 5) is 82.2. The number of urea groups is 2. The summed E-state index contributed by atoms with van der Waals surface area (Å²) in [6, 6.07) is 15.1. The highest BCUT2D eigenvalue weighted by Gasteiger charge is 2.39. The van der Waals surface area contributed by atoms with Gasteiger partial charge < -0.3 is 10.2 Å². The molecule has 0 bridgehead atoms. The normalized spacial score (nSPS) is 11.5. The Kier molecular flexibility index (Phi) is 11.7. The quantitative estimate of drug-likeness (QED) is 0.211. The molecule has 1 unspecified atom stereocenters.